The van der Waals surface area contributed by atoms with E-state index in [-0.39, 0.29) is 18.2 Å². The number of amides is 1. The Hall–Kier alpha value is -1.82. The average molecular weight is 254 g/mol. The second kappa shape index (κ2) is 6.80. The molecule has 1 heterocycles. The molecular weight excluding hydrogens is 236 g/mol. The zero-order chi connectivity index (χ0) is 13.5. The van der Waals surface area contributed by atoms with Crippen molar-refractivity contribution in [3.8, 4) is 0 Å². The van der Waals surface area contributed by atoms with Gasteiger partial charge in [0.1, 0.15) is 5.76 Å². The van der Waals surface area contributed by atoms with Crippen LogP contribution in [0.4, 0.5) is 0 Å². The van der Waals surface area contributed by atoms with E-state index in [2.05, 4.69) is 5.32 Å². The molecule has 0 saturated carbocycles. The Morgan fingerprint density at radius 2 is 2.11 bits per heavy atom. The summed E-state index contributed by atoms with van der Waals surface area (Å²) >= 11 is 0. The number of furan rings is 1. The zero-order valence-corrected chi connectivity index (χ0v) is 10.6. The first kappa shape index (κ1) is 14.2. The number of hydrogen-bond acceptors (Lipinski definition) is 4. The van der Waals surface area contributed by atoms with E-state index >= 15 is 0 Å². The van der Waals surface area contributed by atoms with Crippen LogP contribution < -0.4 is 5.32 Å². The minimum Gasteiger partial charge on any atom is -0.475 e. The molecule has 1 aromatic rings. The van der Waals surface area contributed by atoms with Gasteiger partial charge in [-0.2, -0.15) is 0 Å². The smallest absolute Gasteiger partial charge is 0.371 e. The van der Waals surface area contributed by atoms with Crippen molar-refractivity contribution in [1.82, 2.24) is 10.2 Å². The highest BCUT2D eigenvalue weighted by Crippen LogP contribution is 2.10. The quantitative estimate of drug-likeness (QED) is 0.756. The van der Waals surface area contributed by atoms with E-state index in [0.29, 0.717) is 25.4 Å². The van der Waals surface area contributed by atoms with Gasteiger partial charge in [-0.25, -0.2) is 4.79 Å². The van der Waals surface area contributed by atoms with Gasteiger partial charge in [-0.15, -0.1) is 0 Å². The predicted octanol–water partition coefficient (Wildman–Crippen LogP) is 0.936. The van der Waals surface area contributed by atoms with Gasteiger partial charge in [0.2, 0.25) is 11.7 Å². The molecule has 0 saturated heterocycles. The van der Waals surface area contributed by atoms with Gasteiger partial charge in [-0.3, -0.25) is 9.69 Å². The van der Waals surface area contributed by atoms with Gasteiger partial charge in [0.05, 0.1) is 13.1 Å². The number of likely N-dealkylation sites (N-methyl/N-ethyl adjacent to an activating group) is 2. The Kier molecular flexibility index (Phi) is 5.38. The van der Waals surface area contributed by atoms with Crippen molar-refractivity contribution >= 4 is 11.9 Å². The van der Waals surface area contributed by atoms with Crippen LogP contribution in [-0.4, -0.2) is 41.5 Å². The highest BCUT2D eigenvalue weighted by atomic mass is 16.4. The maximum Gasteiger partial charge on any atom is 0.371 e. The van der Waals surface area contributed by atoms with Crippen LogP contribution in [0, 0.1) is 0 Å². The highest BCUT2D eigenvalue weighted by molar-refractivity contribution is 5.84. The molecule has 1 rings (SSSR count). The van der Waals surface area contributed by atoms with E-state index in [1.807, 2.05) is 18.7 Å². The van der Waals surface area contributed by atoms with Crippen molar-refractivity contribution in [3.63, 3.8) is 0 Å². The SMILES string of the molecule is CCNC(=O)CN(CC)Cc1ccc(C(=O)O)o1. The summed E-state index contributed by atoms with van der Waals surface area (Å²) in [6, 6.07) is 3.03. The van der Waals surface area contributed by atoms with Gasteiger partial charge in [-0.1, -0.05) is 6.92 Å². The lowest BCUT2D eigenvalue weighted by atomic mass is 10.3. The van der Waals surface area contributed by atoms with Crippen molar-refractivity contribution < 1.29 is 19.1 Å². The first-order valence-corrected chi connectivity index (χ1v) is 5.87. The second-order valence-corrected chi connectivity index (χ2v) is 3.83. The summed E-state index contributed by atoms with van der Waals surface area (Å²) < 4.78 is 5.15. The summed E-state index contributed by atoms with van der Waals surface area (Å²) in [4.78, 5) is 24.0. The normalized spacial score (nSPS) is 10.6. The molecule has 0 bridgehead atoms. The molecule has 0 aliphatic carbocycles. The van der Waals surface area contributed by atoms with Gasteiger partial charge in [0.25, 0.3) is 0 Å². The van der Waals surface area contributed by atoms with Crippen LogP contribution in [0.15, 0.2) is 16.5 Å². The van der Waals surface area contributed by atoms with E-state index in [1.54, 1.807) is 6.07 Å². The molecule has 0 radical (unpaired) electrons. The standard InChI is InChI=1S/C12H18N2O4/c1-3-13-11(15)8-14(4-2)7-9-5-6-10(18-9)12(16)17/h5-6H,3-4,7-8H2,1-2H3,(H,13,15)(H,16,17). The van der Waals surface area contributed by atoms with Gasteiger partial charge in [0.15, 0.2) is 0 Å². The topological polar surface area (TPSA) is 82.8 Å². The Morgan fingerprint density at radius 3 is 2.61 bits per heavy atom. The van der Waals surface area contributed by atoms with Gasteiger partial charge in [-0.05, 0) is 25.6 Å². The van der Waals surface area contributed by atoms with E-state index in [4.69, 9.17) is 9.52 Å². The van der Waals surface area contributed by atoms with Crippen LogP contribution >= 0.6 is 0 Å². The fourth-order valence-corrected chi connectivity index (χ4v) is 1.53. The predicted molar refractivity (Wildman–Crippen MR) is 65.3 cm³/mol. The Bertz CT molecular complexity index is 414. The number of aromatic carboxylic acids is 1. The fourth-order valence-electron chi connectivity index (χ4n) is 1.53. The van der Waals surface area contributed by atoms with E-state index in [0.717, 1.165) is 0 Å². The Labute approximate surface area is 106 Å². The third-order valence-electron chi connectivity index (χ3n) is 2.44. The maximum atomic E-state index is 11.4. The van der Waals surface area contributed by atoms with Crippen LogP contribution in [0.25, 0.3) is 0 Å². The Balaban J connectivity index is 2.56. The van der Waals surface area contributed by atoms with Gasteiger partial charge >= 0.3 is 5.97 Å². The molecule has 6 heteroatoms. The number of carbonyl (C=O) groups is 2. The number of carbonyl (C=O) groups excluding carboxylic acids is 1. The minimum atomic E-state index is -1.09. The first-order valence-electron chi connectivity index (χ1n) is 5.87. The molecule has 0 spiro atoms. The molecule has 0 atom stereocenters. The van der Waals surface area contributed by atoms with Crippen LogP contribution in [-0.2, 0) is 11.3 Å². The lowest BCUT2D eigenvalue weighted by Crippen LogP contribution is -2.36. The lowest BCUT2D eigenvalue weighted by molar-refractivity contribution is -0.122. The number of carboxylic acid groups (broad SMARTS) is 1. The van der Waals surface area contributed by atoms with Crippen LogP contribution in [0.5, 0.6) is 0 Å². The van der Waals surface area contributed by atoms with Crippen molar-refractivity contribution in [1.29, 1.82) is 0 Å². The van der Waals surface area contributed by atoms with Crippen molar-refractivity contribution in [2.75, 3.05) is 19.6 Å². The summed E-state index contributed by atoms with van der Waals surface area (Å²) in [6.07, 6.45) is 0. The molecule has 0 fully saturated rings. The first-order chi connectivity index (χ1) is 8.56. The molecule has 1 amide bonds. The molecule has 2 N–H and O–H groups in total. The average Bonchev–Trinajstić information content (AvgIpc) is 2.77. The monoisotopic (exact) mass is 254 g/mol. The largest absolute Gasteiger partial charge is 0.475 e. The molecule has 100 valence electrons. The molecule has 6 nitrogen and oxygen atoms in total. The van der Waals surface area contributed by atoms with E-state index in [1.165, 1.54) is 6.07 Å². The molecule has 0 aliphatic heterocycles. The van der Waals surface area contributed by atoms with Gasteiger partial charge in [0, 0.05) is 6.54 Å². The zero-order valence-electron chi connectivity index (χ0n) is 10.6. The van der Waals surface area contributed by atoms with E-state index < -0.39 is 5.97 Å². The number of hydrogen-bond donors (Lipinski definition) is 2. The minimum absolute atomic E-state index is 0.0515. The maximum absolute atomic E-state index is 11.4. The third kappa shape index (κ3) is 4.21. The molecule has 0 aromatic carbocycles. The van der Waals surface area contributed by atoms with Crippen molar-refractivity contribution in [3.05, 3.63) is 23.7 Å². The second-order valence-electron chi connectivity index (χ2n) is 3.83. The summed E-state index contributed by atoms with van der Waals surface area (Å²) in [5.41, 5.74) is 0. The summed E-state index contributed by atoms with van der Waals surface area (Å²) in [7, 11) is 0. The summed E-state index contributed by atoms with van der Waals surface area (Å²) in [6.45, 7) is 5.76. The van der Waals surface area contributed by atoms with E-state index in [9.17, 15) is 9.59 Å². The van der Waals surface area contributed by atoms with Crippen LogP contribution in [0.3, 0.4) is 0 Å². The number of rotatable bonds is 7. The lowest BCUT2D eigenvalue weighted by Gasteiger charge is -2.18. The Morgan fingerprint density at radius 1 is 1.39 bits per heavy atom. The molecule has 18 heavy (non-hydrogen) atoms. The number of carboxylic acids is 1. The molecule has 0 aliphatic rings. The van der Waals surface area contributed by atoms with Crippen LogP contribution in [0.2, 0.25) is 0 Å². The molecular formula is C12H18N2O4. The summed E-state index contributed by atoms with van der Waals surface area (Å²) in [5, 5.41) is 11.4. The summed E-state index contributed by atoms with van der Waals surface area (Å²) in [5.74, 6) is -0.685. The molecule has 0 unspecified atom stereocenters. The van der Waals surface area contributed by atoms with Crippen molar-refractivity contribution in [2.24, 2.45) is 0 Å². The molecule has 1 aromatic heterocycles. The fraction of sp³-hybridized carbons (Fsp3) is 0.500. The van der Waals surface area contributed by atoms with Crippen molar-refractivity contribution in [2.45, 2.75) is 20.4 Å². The number of nitrogens with one attached hydrogen (secondary N) is 1. The highest BCUT2D eigenvalue weighted by Gasteiger charge is 2.13. The van der Waals surface area contributed by atoms with Gasteiger partial charge < -0.3 is 14.8 Å². The third-order valence-corrected chi connectivity index (χ3v) is 2.44. The number of nitrogens with zero attached hydrogens (tertiary/aromatic N) is 1. The van der Waals surface area contributed by atoms with Crippen LogP contribution in [0.1, 0.15) is 30.2 Å².